The first-order valence-corrected chi connectivity index (χ1v) is 5.15. The molecule has 2 rings (SSSR count). The van der Waals surface area contributed by atoms with Gasteiger partial charge < -0.3 is 15.5 Å². The molecule has 8 heteroatoms. The van der Waals surface area contributed by atoms with Crippen LogP contribution in [-0.2, 0) is 0 Å². The lowest BCUT2D eigenvalue weighted by molar-refractivity contribution is 0.235. The van der Waals surface area contributed by atoms with E-state index < -0.39 is 5.56 Å². The summed E-state index contributed by atoms with van der Waals surface area (Å²) in [7, 11) is 0. The predicted molar refractivity (Wildman–Crippen MR) is 62.8 cm³/mol. The van der Waals surface area contributed by atoms with E-state index in [1.165, 1.54) is 0 Å². The zero-order valence-electron chi connectivity index (χ0n) is 9.76. The molecule has 0 bridgehead atoms. The van der Waals surface area contributed by atoms with Crippen LogP contribution < -0.4 is 16.0 Å². The van der Waals surface area contributed by atoms with E-state index >= 15 is 0 Å². The highest BCUT2D eigenvalue weighted by Gasteiger charge is 2.14. The van der Waals surface area contributed by atoms with Gasteiger partial charge in [0.15, 0.2) is 11.2 Å². The minimum absolute atomic E-state index is 0.0414. The molecular weight excluding hydrogens is 236 g/mol. The second-order valence-electron chi connectivity index (χ2n) is 3.78. The molecule has 18 heavy (non-hydrogen) atoms. The number of hydrogen-bond donors (Lipinski definition) is 2. The molecule has 2 aromatic heterocycles. The summed E-state index contributed by atoms with van der Waals surface area (Å²) in [5.74, 6) is 0.0977. The number of ether oxygens (including phenoxy) is 1. The molecule has 0 saturated heterocycles. The highest BCUT2D eigenvalue weighted by atomic mass is 16.5. The molecule has 2 heterocycles. The second-order valence-corrected chi connectivity index (χ2v) is 3.78. The molecule has 0 radical (unpaired) electrons. The molecule has 0 amide bonds. The molecule has 0 aliphatic heterocycles. The van der Waals surface area contributed by atoms with E-state index in [0.29, 0.717) is 0 Å². The number of H-pyrrole nitrogens is 1. The van der Waals surface area contributed by atoms with E-state index in [4.69, 9.17) is 15.7 Å². The monoisotopic (exact) mass is 246 g/mol. The standard InChI is InChI=1S/C10H10N6O2/c1-4(2)18-9-6-7(15-10(12)16-9)14-8(17)5(3-11)13-6/h4H,1-2H3,(H3,12,14,15,16,17). The summed E-state index contributed by atoms with van der Waals surface area (Å²) < 4.78 is 5.42. The Balaban J connectivity index is 2.77. The van der Waals surface area contributed by atoms with Crippen LogP contribution in [0.15, 0.2) is 4.79 Å². The van der Waals surface area contributed by atoms with Gasteiger partial charge in [-0.05, 0) is 13.8 Å². The third-order valence-electron chi connectivity index (χ3n) is 1.99. The van der Waals surface area contributed by atoms with Crippen LogP contribution in [-0.4, -0.2) is 26.0 Å². The first kappa shape index (κ1) is 11.8. The summed E-state index contributed by atoms with van der Waals surface area (Å²) in [6, 6.07) is 1.69. The zero-order chi connectivity index (χ0) is 13.3. The largest absolute Gasteiger partial charge is 0.473 e. The number of nitrogens with one attached hydrogen (secondary N) is 1. The molecule has 0 saturated carbocycles. The van der Waals surface area contributed by atoms with Crippen LogP contribution in [0, 0.1) is 11.3 Å². The van der Waals surface area contributed by atoms with Crippen molar-refractivity contribution in [1.82, 2.24) is 19.9 Å². The Bertz CT molecular complexity index is 700. The van der Waals surface area contributed by atoms with Crippen LogP contribution in [0.4, 0.5) is 5.95 Å². The SMILES string of the molecule is CC(C)Oc1nc(N)nc2[nH]c(=O)c(C#N)nc12. The molecule has 0 unspecified atom stereocenters. The van der Waals surface area contributed by atoms with Gasteiger partial charge in [0.05, 0.1) is 6.10 Å². The maximum atomic E-state index is 11.4. The summed E-state index contributed by atoms with van der Waals surface area (Å²) >= 11 is 0. The summed E-state index contributed by atoms with van der Waals surface area (Å²) in [5.41, 5.74) is 4.95. The average molecular weight is 246 g/mol. The quantitative estimate of drug-likeness (QED) is 0.759. The van der Waals surface area contributed by atoms with Crippen molar-refractivity contribution in [3.8, 4) is 11.9 Å². The van der Waals surface area contributed by atoms with E-state index in [1.54, 1.807) is 19.9 Å². The topological polar surface area (TPSA) is 131 Å². The Kier molecular flexibility index (Phi) is 2.81. The highest BCUT2D eigenvalue weighted by Crippen LogP contribution is 2.20. The van der Waals surface area contributed by atoms with Crippen molar-refractivity contribution in [2.24, 2.45) is 0 Å². The number of aromatic nitrogens is 4. The van der Waals surface area contributed by atoms with E-state index in [2.05, 4.69) is 19.9 Å². The number of rotatable bonds is 2. The highest BCUT2D eigenvalue weighted by molar-refractivity contribution is 5.76. The van der Waals surface area contributed by atoms with Crippen LogP contribution in [0.5, 0.6) is 5.88 Å². The smallest absolute Gasteiger partial charge is 0.286 e. The number of nitrogen functional groups attached to an aromatic ring is 1. The van der Waals surface area contributed by atoms with Crippen LogP contribution in [0.3, 0.4) is 0 Å². The average Bonchev–Trinajstić information content (AvgIpc) is 2.27. The van der Waals surface area contributed by atoms with E-state index in [9.17, 15) is 4.79 Å². The van der Waals surface area contributed by atoms with Gasteiger partial charge in [-0.2, -0.15) is 15.2 Å². The second kappa shape index (κ2) is 4.29. The molecule has 0 atom stereocenters. The van der Waals surface area contributed by atoms with Crippen LogP contribution in [0.25, 0.3) is 11.2 Å². The van der Waals surface area contributed by atoms with E-state index in [-0.39, 0.29) is 34.8 Å². The zero-order valence-corrected chi connectivity index (χ0v) is 9.76. The number of nitriles is 1. The van der Waals surface area contributed by atoms with Crippen LogP contribution in [0.2, 0.25) is 0 Å². The summed E-state index contributed by atoms with van der Waals surface area (Å²) in [4.78, 5) is 25.5. The third-order valence-corrected chi connectivity index (χ3v) is 1.99. The molecule has 0 aliphatic rings. The number of aromatic amines is 1. The fraction of sp³-hybridized carbons (Fsp3) is 0.300. The number of nitrogens with zero attached hydrogens (tertiary/aromatic N) is 4. The molecule has 0 aromatic carbocycles. The van der Waals surface area contributed by atoms with Crippen molar-refractivity contribution in [2.45, 2.75) is 20.0 Å². The van der Waals surface area contributed by atoms with Gasteiger partial charge in [-0.1, -0.05) is 0 Å². The minimum Gasteiger partial charge on any atom is -0.473 e. The Morgan fingerprint density at radius 1 is 1.39 bits per heavy atom. The molecule has 8 nitrogen and oxygen atoms in total. The van der Waals surface area contributed by atoms with Gasteiger partial charge in [0.2, 0.25) is 17.5 Å². The Morgan fingerprint density at radius 2 is 2.11 bits per heavy atom. The van der Waals surface area contributed by atoms with Gasteiger partial charge in [-0.25, -0.2) is 4.98 Å². The molecule has 3 N–H and O–H groups in total. The number of hydrogen-bond acceptors (Lipinski definition) is 7. The first-order chi connectivity index (χ1) is 8.51. The van der Waals surface area contributed by atoms with Crippen molar-refractivity contribution in [1.29, 1.82) is 5.26 Å². The van der Waals surface area contributed by atoms with Gasteiger partial charge in [-0.15, -0.1) is 0 Å². The van der Waals surface area contributed by atoms with Crippen molar-refractivity contribution >= 4 is 17.1 Å². The summed E-state index contributed by atoms with van der Waals surface area (Å²) in [5, 5.41) is 8.77. The van der Waals surface area contributed by atoms with Crippen LogP contribution in [0.1, 0.15) is 19.5 Å². The van der Waals surface area contributed by atoms with Gasteiger partial charge >= 0.3 is 0 Å². The van der Waals surface area contributed by atoms with Crippen molar-refractivity contribution in [3.05, 3.63) is 16.0 Å². The lowest BCUT2D eigenvalue weighted by Crippen LogP contribution is -2.16. The first-order valence-electron chi connectivity index (χ1n) is 5.15. The molecular formula is C10H10N6O2. The number of fused-ring (bicyclic) bond motifs is 1. The molecule has 0 aliphatic carbocycles. The fourth-order valence-electron chi connectivity index (χ4n) is 1.35. The lowest BCUT2D eigenvalue weighted by atomic mass is 10.4. The van der Waals surface area contributed by atoms with Gasteiger partial charge in [-0.3, -0.25) is 4.79 Å². The van der Waals surface area contributed by atoms with E-state index in [1.807, 2.05) is 0 Å². The van der Waals surface area contributed by atoms with Gasteiger partial charge in [0.1, 0.15) is 6.07 Å². The third kappa shape index (κ3) is 2.06. The number of nitrogens with two attached hydrogens (primary N) is 1. The maximum absolute atomic E-state index is 11.4. The van der Waals surface area contributed by atoms with Gasteiger partial charge in [0, 0.05) is 0 Å². The summed E-state index contributed by atoms with van der Waals surface area (Å²) in [6.07, 6.45) is -0.151. The number of anilines is 1. The lowest BCUT2D eigenvalue weighted by Gasteiger charge is -2.10. The summed E-state index contributed by atoms with van der Waals surface area (Å²) in [6.45, 7) is 3.61. The Morgan fingerprint density at radius 3 is 2.72 bits per heavy atom. The molecule has 0 fully saturated rings. The van der Waals surface area contributed by atoms with Crippen molar-refractivity contribution < 1.29 is 4.74 Å². The molecule has 2 aromatic rings. The molecule has 92 valence electrons. The Hall–Kier alpha value is -2.69. The fourth-order valence-corrected chi connectivity index (χ4v) is 1.35. The minimum atomic E-state index is -0.626. The van der Waals surface area contributed by atoms with Crippen molar-refractivity contribution in [2.75, 3.05) is 5.73 Å². The predicted octanol–water partition coefficient (Wildman–Crippen LogP) is -0.0458. The van der Waals surface area contributed by atoms with Crippen molar-refractivity contribution in [3.63, 3.8) is 0 Å². The Labute approximate surface area is 101 Å². The van der Waals surface area contributed by atoms with E-state index in [0.717, 1.165) is 0 Å². The van der Waals surface area contributed by atoms with Gasteiger partial charge in [0.25, 0.3) is 5.56 Å². The maximum Gasteiger partial charge on any atom is 0.286 e. The van der Waals surface area contributed by atoms with Crippen LogP contribution >= 0.6 is 0 Å². The molecule has 0 spiro atoms. The normalized spacial score (nSPS) is 10.6.